The number of rotatable bonds is 10. The fourth-order valence-corrected chi connectivity index (χ4v) is 6.04. The van der Waals surface area contributed by atoms with Gasteiger partial charge in [0, 0.05) is 0 Å². The predicted octanol–water partition coefficient (Wildman–Crippen LogP) is 4.40. The summed E-state index contributed by atoms with van der Waals surface area (Å²) in [6, 6.07) is 17.0. The van der Waals surface area contributed by atoms with E-state index in [1.54, 1.807) is 40.2 Å². The van der Waals surface area contributed by atoms with Gasteiger partial charge in [0.05, 0.1) is 25.2 Å². The number of hydrogen-bond donors (Lipinski definition) is 2. The Morgan fingerprint density at radius 3 is 2.08 bits per heavy atom. The number of carbonyl (C=O) groups is 1. The van der Waals surface area contributed by atoms with Gasteiger partial charge >= 0.3 is 0 Å². The lowest BCUT2D eigenvalue weighted by molar-refractivity contribution is -0.123. The molecule has 0 aliphatic rings. The van der Waals surface area contributed by atoms with E-state index in [0.29, 0.717) is 22.6 Å². The van der Waals surface area contributed by atoms with Crippen molar-refractivity contribution in [1.29, 1.82) is 0 Å². The Bertz CT molecular complexity index is 1300. The number of ether oxygens (including phenoxy) is 2. The van der Waals surface area contributed by atoms with Gasteiger partial charge in [-0.05, 0) is 68.5 Å². The fourth-order valence-electron chi connectivity index (χ4n) is 4.39. The summed E-state index contributed by atoms with van der Waals surface area (Å²) in [5, 5.41) is 2.96. The summed E-state index contributed by atoms with van der Waals surface area (Å²) in [7, 11) is -0.868. The summed E-state index contributed by atoms with van der Waals surface area (Å²) in [5.74, 6) is 0.702. The Morgan fingerprint density at radius 2 is 1.50 bits per heavy atom. The third-order valence-corrected chi connectivity index (χ3v) is 7.81. The van der Waals surface area contributed by atoms with Gasteiger partial charge in [-0.2, -0.15) is 4.72 Å². The molecule has 0 radical (unpaired) electrons. The third-order valence-electron chi connectivity index (χ3n) is 6.04. The van der Waals surface area contributed by atoms with E-state index in [0.717, 1.165) is 16.7 Å². The van der Waals surface area contributed by atoms with Crippen LogP contribution in [0.1, 0.15) is 40.8 Å². The fraction of sp³-hybridized carbons (Fsp3) is 0.321. The van der Waals surface area contributed by atoms with Gasteiger partial charge in [-0.3, -0.25) is 4.79 Å². The van der Waals surface area contributed by atoms with E-state index in [2.05, 4.69) is 10.0 Å². The second-order valence-electron chi connectivity index (χ2n) is 8.94. The number of nitrogens with one attached hydrogen (secondary N) is 2. The quantitative estimate of drug-likeness (QED) is 0.422. The molecule has 0 saturated heterocycles. The monoisotopic (exact) mass is 510 g/mol. The second-order valence-corrected chi connectivity index (χ2v) is 10.6. The molecule has 0 unspecified atom stereocenters. The molecule has 3 rings (SSSR count). The van der Waals surface area contributed by atoms with Crippen molar-refractivity contribution in [1.82, 2.24) is 10.0 Å². The van der Waals surface area contributed by atoms with Crippen LogP contribution in [0.15, 0.2) is 65.6 Å². The molecule has 0 heterocycles. The van der Waals surface area contributed by atoms with Gasteiger partial charge in [-0.15, -0.1) is 0 Å². The Labute approximate surface area is 213 Å². The zero-order chi connectivity index (χ0) is 26.5. The molecule has 7 nitrogen and oxygen atoms in total. The van der Waals surface area contributed by atoms with Gasteiger partial charge < -0.3 is 14.8 Å². The smallest absolute Gasteiger partial charge is 0.241 e. The number of benzene rings is 3. The van der Waals surface area contributed by atoms with Crippen LogP contribution in [-0.4, -0.2) is 34.6 Å². The Morgan fingerprint density at radius 1 is 0.889 bits per heavy atom. The number of amides is 1. The Hall–Kier alpha value is -3.36. The van der Waals surface area contributed by atoms with Crippen molar-refractivity contribution in [3.63, 3.8) is 0 Å². The molecule has 2 N–H and O–H groups in total. The molecule has 0 bridgehead atoms. The van der Waals surface area contributed by atoms with E-state index in [-0.39, 0.29) is 11.3 Å². The van der Waals surface area contributed by atoms with Gasteiger partial charge in [0.25, 0.3) is 0 Å². The molecule has 0 fully saturated rings. The lowest BCUT2D eigenvalue weighted by Crippen LogP contribution is -2.48. The molecule has 0 aliphatic carbocycles. The minimum atomic E-state index is -3.97. The van der Waals surface area contributed by atoms with Crippen molar-refractivity contribution in [2.45, 2.75) is 51.1 Å². The molecule has 0 aromatic heterocycles. The summed E-state index contributed by atoms with van der Waals surface area (Å²) < 4.78 is 40.3. The summed E-state index contributed by atoms with van der Waals surface area (Å²) in [4.78, 5) is 13.6. The van der Waals surface area contributed by atoms with Crippen LogP contribution in [0.5, 0.6) is 11.5 Å². The van der Waals surface area contributed by atoms with Crippen LogP contribution in [0.4, 0.5) is 0 Å². The summed E-state index contributed by atoms with van der Waals surface area (Å²) in [6.07, 6.45) is 0.203. The van der Waals surface area contributed by atoms with Crippen molar-refractivity contribution in [3.05, 3.63) is 88.5 Å². The van der Waals surface area contributed by atoms with Gasteiger partial charge in [-0.25, -0.2) is 8.42 Å². The molecule has 0 saturated carbocycles. The Balaban J connectivity index is 1.90. The van der Waals surface area contributed by atoms with Crippen LogP contribution < -0.4 is 19.5 Å². The van der Waals surface area contributed by atoms with E-state index >= 15 is 0 Å². The van der Waals surface area contributed by atoms with Crippen LogP contribution in [-0.2, 0) is 21.2 Å². The summed E-state index contributed by atoms with van der Waals surface area (Å²) >= 11 is 0. The first-order valence-corrected chi connectivity index (χ1v) is 13.2. The van der Waals surface area contributed by atoms with Crippen LogP contribution in [0.2, 0.25) is 0 Å². The standard InChI is InChI=1S/C28H34N2O5S/c1-18-14-19(2)27(20(3)15-18)36(32,33)30-24(16-22-10-8-7-9-11-22)28(31)29-21(4)23-12-13-25(34-5)26(17-23)35-6/h7-15,17,21,24,30H,16H2,1-6H3,(H,29,31)/t21-,24+/m0/s1. The van der Waals surface area contributed by atoms with E-state index < -0.39 is 28.0 Å². The summed E-state index contributed by atoms with van der Waals surface area (Å²) in [5.41, 5.74) is 3.89. The molecule has 36 heavy (non-hydrogen) atoms. The predicted molar refractivity (Wildman–Crippen MR) is 141 cm³/mol. The highest BCUT2D eigenvalue weighted by molar-refractivity contribution is 7.89. The highest BCUT2D eigenvalue weighted by Gasteiger charge is 2.29. The average Bonchev–Trinajstić information content (AvgIpc) is 2.82. The van der Waals surface area contributed by atoms with E-state index in [1.807, 2.05) is 62.4 Å². The maximum absolute atomic E-state index is 13.5. The summed E-state index contributed by atoms with van der Waals surface area (Å²) in [6.45, 7) is 7.28. The normalized spacial score (nSPS) is 13.1. The first kappa shape index (κ1) is 27.2. The van der Waals surface area contributed by atoms with Crippen molar-refractivity contribution >= 4 is 15.9 Å². The maximum atomic E-state index is 13.5. The van der Waals surface area contributed by atoms with Gasteiger partial charge in [-0.1, -0.05) is 54.1 Å². The number of carbonyl (C=O) groups excluding carboxylic acids is 1. The van der Waals surface area contributed by atoms with Crippen LogP contribution in [0.25, 0.3) is 0 Å². The lowest BCUT2D eigenvalue weighted by Gasteiger charge is -2.23. The second kappa shape index (κ2) is 11.6. The number of sulfonamides is 1. The van der Waals surface area contributed by atoms with Gasteiger partial charge in [0.2, 0.25) is 15.9 Å². The largest absolute Gasteiger partial charge is 0.493 e. The zero-order valence-corrected chi connectivity index (χ0v) is 22.4. The molecule has 3 aromatic rings. The van der Waals surface area contributed by atoms with Crippen LogP contribution in [0, 0.1) is 20.8 Å². The van der Waals surface area contributed by atoms with Crippen molar-refractivity contribution < 1.29 is 22.7 Å². The molecule has 2 atom stereocenters. The highest BCUT2D eigenvalue weighted by Crippen LogP contribution is 2.30. The van der Waals surface area contributed by atoms with Gasteiger partial charge in [0.1, 0.15) is 6.04 Å². The molecule has 0 spiro atoms. The highest BCUT2D eigenvalue weighted by atomic mass is 32.2. The molecule has 1 amide bonds. The Kier molecular flexibility index (Phi) is 8.76. The van der Waals surface area contributed by atoms with Gasteiger partial charge in [0.15, 0.2) is 11.5 Å². The lowest BCUT2D eigenvalue weighted by atomic mass is 10.0. The molecular formula is C28H34N2O5S. The minimum absolute atomic E-state index is 0.201. The number of methoxy groups -OCH3 is 2. The minimum Gasteiger partial charge on any atom is -0.493 e. The first-order chi connectivity index (χ1) is 17.1. The molecule has 0 aliphatic heterocycles. The third kappa shape index (κ3) is 6.44. The number of aryl methyl sites for hydroxylation is 3. The van der Waals surface area contributed by atoms with E-state index in [4.69, 9.17) is 9.47 Å². The van der Waals surface area contributed by atoms with Crippen molar-refractivity contribution in [3.8, 4) is 11.5 Å². The van der Waals surface area contributed by atoms with Crippen LogP contribution in [0.3, 0.4) is 0 Å². The first-order valence-electron chi connectivity index (χ1n) is 11.7. The molecular weight excluding hydrogens is 476 g/mol. The SMILES string of the molecule is COc1ccc([C@H](C)NC(=O)[C@@H](Cc2ccccc2)NS(=O)(=O)c2c(C)cc(C)cc2C)cc1OC. The van der Waals surface area contributed by atoms with Crippen molar-refractivity contribution in [2.24, 2.45) is 0 Å². The average molecular weight is 511 g/mol. The zero-order valence-electron chi connectivity index (χ0n) is 21.6. The molecule has 8 heteroatoms. The number of hydrogen-bond acceptors (Lipinski definition) is 5. The topological polar surface area (TPSA) is 93.7 Å². The van der Waals surface area contributed by atoms with Crippen LogP contribution >= 0.6 is 0 Å². The van der Waals surface area contributed by atoms with E-state index in [1.165, 1.54) is 0 Å². The maximum Gasteiger partial charge on any atom is 0.241 e. The molecule has 3 aromatic carbocycles. The van der Waals surface area contributed by atoms with E-state index in [9.17, 15) is 13.2 Å². The van der Waals surface area contributed by atoms with Crippen molar-refractivity contribution in [2.75, 3.05) is 14.2 Å². The molecule has 192 valence electrons.